The summed E-state index contributed by atoms with van der Waals surface area (Å²) in [5.74, 6) is 0.232. The highest BCUT2D eigenvalue weighted by Crippen LogP contribution is 2.53. The van der Waals surface area contributed by atoms with Crippen molar-refractivity contribution in [3.8, 4) is 5.75 Å². The van der Waals surface area contributed by atoms with Gasteiger partial charge in [0.2, 0.25) is 10.1 Å². The second kappa shape index (κ2) is 6.27. The molecule has 1 aliphatic heterocycles. The number of halogens is 6. The minimum absolute atomic E-state index is 0.191. The fraction of sp³-hybridized carbons (Fsp3) is 0.357. The van der Waals surface area contributed by atoms with Gasteiger partial charge in [0.1, 0.15) is 17.4 Å². The zero-order valence-corrected chi connectivity index (χ0v) is 16.3. The number of aryl methyl sites for hydroxylation is 1. The lowest BCUT2D eigenvalue weighted by molar-refractivity contribution is -0.135. The standard InChI is InChI=1S/C14H8Cl6O4/c1-5-4-8(21)23-10-6(5)2-3-7-9(10)11(13(15,16)17)24-12(22-7)14(18,19)20/h2-4,11-12H,1H3. The summed E-state index contributed by atoms with van der Waals surface area (Å²) in [5.41, 5.74) is 0.589. The molecule has 2 aromatic rings. The molecule has 2 atom stereocenters. The van der Waals surface area contributed by atoms with Gasteiger partial charge in [-0.3, -0.25) is 0 Å². The molecule has 2 heterocycles. The first kappa shape index (κ1) is 18.7. The van der Waals surface area contributed by atoms with Crippen LogP contribution < -0.4 is 10.4 Å². The van der Waals surface area contributed by atoms with E-state index in [9.17, 15) is 4.79 Å². The summed E-state index contributed by atoms with van der Waals surface area (Å²) in [6, 6.07) is 4.66. The van der Waals surface area contributed by atoms with Gasteiger partial charge in [0.15, 0.2) is 0 Å². The molecule has 0 fully saturated rings. The van der Waals surface area contributed by atoms with Gasteiger partial charge in [-0.1, -0.05) is 69.6 Å². The van der Waals surface area contributed by atoms with Crippen molar-refractivity contribution in [2.45, 2.75) is 26.9 Å². The Morgan fingerprint density at radius 1 is 1.04 bits per heavy atom. The first-order valence-corrected chi connectivity index (χ1v) is 8.78. The van der Waals surface area contributed by atoms with Gasteiger partial charge >= 0.3 is 5.63 Å². The third kappa shape index (κ3) is 3.43. The van der Waals surface area contributed by atoms with Gasteiger partial charge in [-0.15, -0.1) is 0 Å². The van der Waals surface area contributed by atoms with Gasteiger partial charge in [-0.2, -0.15) is 0 Å². The van der Waals surface area contributed by atoms with E-state index in [1.54, 1.807) is 19.1 Å². The van der Waals surface area contributed by atoms with Crippen LogP contribution in [-0.4, -0.2) is 13.9 Å². The molecule has 10 heteroatoms. The molecule has 1 aromatic carbocycles. The van der Waals surface area contributed by atoms with E-state index in [1.807, 2.05) is 0 Å². The van der Waals surface area contributed by atoms with Crippen molar-refractivity contribution in [3.63, 3.8) is 0 Å². The SMILES string of the molecule is Cc1cc(=O)oc2c3c(ccc12)OC(C(Cl)(Cl)Cl)OC3C(Cl)(Cl)Cl. The lowest BCUT2D eigenvalue weighted by Gasteiger charge is -2.38. The minimum atomic E-state index is -1.93. The Labute approximate surface area is 166 Å². The minimum Gasteiger partial charge on any atom is -0.460 e. The number of hydrogen-bond acceptors (Lipinski definition) is 4. The zero-order chi connectivity index (χ0) is 17.9. The first-order chi connectivity index (χ1) is 11.0. The van der Waals surface area contributed by atoms with Gasteiger partial charge in [0.05, 0.1) is 5.56 Å². The van der Waals surface area contributed by atoms with Crippen molar-refractivity contribution in [2.24, 2.45) is 0 Å². The molecular weight excluding hydrogens is 445 g/mol. The molecule has 130 valence electrons. The molecule has 0 amide bonds. The Balaban J connectivity index is 2.30. The molecule has 1 aromatic heterocycles. The van der Waals surface area contributed by atoms with E-state index < -0.39 is 25.6 Å². The smallest absolute Gasteiger partial charge is 0.336 e. The molecule has 1 aliphatic rings. The summed E-state index contributed by atoms with van der Waals surface area (Å²) in [7, 11) is 0. The molecule has 0 N–H and O–H groups in total. The van der Waals surface area contributed by atoms with E-state index in [0.717, 1.165) is 0 Å². The number of alkyl halides is 6. The quantitative estimate of drug-likeness (QED) is 0.384. The van der Waals surface area contributed by atoms with Crippen LogP contribution >= 0.6 is 69.6 Å². The molecule has 2 unspecified atom stereocenters. The Kier molecular flexibility index (Phi) is 4.89. The van der Waals surface area contributed by atoms with Crippen molar-refractivity contribution in [1.29, 1.82) is 0 Å². The van der Waals surface area contributed by atoms with E-state index in [2.05, 4.69) is 0 Å². The van der Waals surface area contributed by atoms with Gasteiger partial charge in [-0.25, -0.2) is 4.79 Å². The topological polar surface area (TPSA) is 48.7 Å². The molecule has 0 saturated carbocycles. The third-order valence-corrected chi connectivity index (χ3v) is 4.57. The van der Waals surface area contributed by atoms with Gasteiger partial charge in [0, 0.05) is 11.5 Å². The molecule has 3 rings (SSSR count). The van der Waals surface area contributed by atoms with E-state index >= 15 is 0 Å². The second-order valence-corrected chi connectivity index (χ2v) is 9.89. The van der Waals surface area contributed by atoms with Crippen LogP contribution in [0.4, 0.5) is 0 Å². The summed E-state index contributed by atoms with van der Waals surface area (Å²) in [5, 5.41) is 0.645. The average molecular weight is 453 g/mol. The monoisotopic (exact) mass is 450 g/mol. The van der Waals surface area contributed by atoms with Crippen molar-refractivity contribution in [1.82, 2.24) is 0 Å². The normalized spacial score (nSPS) is 21.5. The number of rotatable bonds is 0. The molecule has 4 nitrogen and oxygen atoms in total. The van der Waals surface area contributed by atoms with Crippen molar-refractivity contribution >= 4 is 80.6 Å². The number of ether oxygens (including phenoxy) is 2. The predicted octanol–water partition coefficient (Wildman–Crippen LogP) is 5.62. The fourth-order valence-electron chi connectivity index (χ4n) is 2.46. The largest absolute Gasteiger partial charge is 0.460 e. The van der Waals surface area contributed by atoms with E-state index in [1.165, 1.54) is 6.07 Å². The van der Waals surface area contributed by atoms with Crippen LogP contribution in [-0.2, 0) is 4.74 Å². The zero-order valence-electron chi connectivity index (χ0n) is 11.8. The van der Waals surface area contributed by atoms with Crippen LogP contribution in [0.15, 0.2) is 27.4 Å². The van der Waals surface area contributed by atoms with Crippen LogP contribution in [0.1, 0.15) is 17.2 Å². The van der Waals surface area contributed by atoms with Crippen molar-refractivity contribution < 1.29 is 13.9 Å². The van der Waals surface area contributed by atoms with Gasteiger partial charge in [0.25, 0.3) is 3.79 Å². The van der Waals surface area contributed by atoms with Crippen molar-refractivity contribution in [2.75, 3.05) is 0 Å². The highest BCUT2D eigenvalue weighted by Gasteiger charge is 2.49. The average Bonchev–Trinajstić information content (AvgIpc) is 2.43. The first-order valence-electron chi connectivity index (χ1n) is 6.51. The predicted molar refractivity (Wildman–Crippen MR) is 96.0 cm³/mol. The third-order valence-electron chi connectivity index (χ3n) is 3.44. The summed E-state index contributed by atoms with van der Waals surface area (Å²) < 4.78 is 12.6. The number of benzene rings is 1. The van der Waals surface area contributed by atoms with Gasteiger partial charge < -0.3 is 13.9 Å². The maximum atomic E-state index is 11.8. The van der Waals surface area contributed by atoms with Crippen LogP contribution in [0.3, 0.4) is 0 Å². The lowest BCUT2D eigenvalue weighted by Crippen LogP contribution is -2.42. The van der Waals surface area contributed by atoms with Crippen LogP contribution in [0.25, 0.3) is 11.0 Å². The van der Waals surface area contributed by atoms with E-state index in [0.29, 0.717) is 10.9 Å². The van der Waals surface area contributed by atoms with Gasteiger partial charge in [-0.05, 0) is 24.6 Å². The molecule has 0 radical (unpaired) electrons. The molecule has 0 aliphatic carbocycles. The number of hydrogen-bond donors (Lipinski definition) is 0. The Bertz CT molecular complexity index is 851. The Morgan fingerprint density at radius 2 is 1.71 bits per heavy atom. The van der Waals surface area contributed by atoms with E-state index in [4.69, 9.17) is 83.5 Å². The summed E-state index contributed by atoms with van der Waals surface area (Å²) >= 11 is 35.6. The molecule has 24 heavy (non-hydrogen) atoms. The van der Waals surface area contributed by atoms with E-state index in [-0.39, 0.29) is 16.9 Å². The lowest BCUT2D eigenvalue weighted by atomic mass is 10.0. The molecular formula is C14H8Cl6O4. The fourth-order valence-corrected chi connectivity index (χ4v) is 3.23. The number of fused-ring (bicyclic) bond motifs is 3. The molecule has 0 spiro atoms. The van der Waals surface area contributed by atoms with Crippen molar-refractivity contribution in [3.05, 3.63) is 39.7 Å². The Hall–Kier alpha value is -0.0700. The summed E-state index contributed by atoms with van der Waals surface area (Å²) in [4.78, 5) is 11.8. The maximum Gasteiger partial charge on any atom is 0.336 e. The molecule has 0 bridgehead atoms. The Morgan fingerprint density at radius 3 is 2.29 bits per heavy atom. The summed E-state index contributed by atoms with van der Waals surface area (Å²) in [6.45, 7) is 1.75. The van der Waals surface area contributed by atoms with Crippen LogP contribution in [0, 0.1) is 6.92 Å². The highest BCUT2D eigenvalue weighted by atomic mass is 35.6. The highest BCUT2D eigenvalue weighted by molar-refractivity contribution is 6.68. The van der Waals surface area contributed by atoms with Crippen LogP contribution in [0.5, 0.6) is 5.75 Å². The summed E-state index contributed by atoms with van der Waals surface area (Å²) in [6.07, 6.45) is -2.50. The molecule has 0 saturated heterocycles. The second-order valence-electron chi connectivity index (χ2n) is 5.15. The maximum absolute atomic E-state index is 11.8. The van der Waals surface area contributed by atoms with Crippen LogP contribution in [0.2, 0.25) is 0 Å².